The van der Waals surface area contributed by atoms with Crippen molar-refractivity contribution in [2.45, 2.75) is 49.5 Å². The molecule has 0 fully saturated rings. The Morgan fingerprint density at radius 3 is 2.24 bits per heavy atom. The number of aromatic carboxylic acids is 1. The molecule has 5 rings (SSSR count). The van der Waals surface area contributed by atoms with Crippen LogP contribution in [0.2, 0.25) is 0 Å². The van der Waals surface area contributed by atoms with E-state index in [2.05, 4.69) is 20.7 Å². The molecule has 0 aliphatic heterocycles. The van der Waals surface area contributed by atoms with Crippen LogP contribution in [0.25, 0.3) is 10.4 Å². The summed E-state index contributed by atoms with van der Waals surface area (Å²) in [5, 5.41) is 37.6. The van der Waals surface area contributed by atoms with Crippen LogP contribution >= 0.6 is 11.3 Å². The second-order valence-corrected chi connectivity index (χ2v) is 14.9. The van der Waals surface area contributed by atoms with Gasteiger partial charge in [0.25, 0.3) is 11.8 Å². The number of nitrogens with one attached hydrogen (secondary N) is 2. The number of carboxylic acids is 1. The van der Waals surface area contributed by atoms with Gasteiger partial charge in [0.15, 0.2) is 0 Å². The van der Waals surface area contributed by atoms with E-state index < -0.39 is 47.8 Å². The molecule has 1 heterocycles. The predicted molar refractivity (Wildman–Crippen MR) is 192 cm³/mol. The van der Waals surface area contributed by atoms with Gasteiger partial charge in [0, 0.05) is 27.6 Å². The molecular weight excluding hydrogens is 697 g/mol. The van der Waals surface area contributed by atoms with Gasteiger partial charge in [-0.25, -0.2) is 13.2 Å². The predicted octanol–water partition coefficient (Wildman–Crippen LogP) is 5.23. The summed E-state index contributed by atoms with van der Waals surface area (Å²) in [6.07, 6.45) is 3.28. The van der Waals surface area contributed by atoms with E-state index in [1.54, 1.807) is 36.4 Å². The van der Waals surface area contributed by atoms with E-state index in [1.165, 1.54) is 29.5 Å². The zero-order valence-electron chi connectivity index (χ0n) is 27.4. The third-order valence-corrected chi connectivity index (χ3v) is 11.4. The van der Waals surface area contributed by atoms with Crippen molar-refractivity contribution in [1.29, 1.82) is 0 Å². The molecule has 0 spiro atoms. The second kappa shape index (κ2) is 16.7. The molecule has 2 amide bonds. The molecule has 1 aliphatic carbocycles. The summed E-state index contributed by atoms with van der Waals surface area (Å²) in [4.78, 5) is 41.7. The van der Waals surface area contributed by atoms with Crippen molar-refractivity contribution >= 4 is 49.8 Å². The zero-order valence-corrected chi connectivity index (χ0v) is 29.0. The minimum atomic E-state index is -4.36. The molecule has 0 saturated carbocycles. The fourth-order valence-corrected chi connectivity index (χ4v) is 8.37. The first kappa shape index (κ1) is 37.2. The SMILES string of the molecule is [N-]=[N+]=NCN(CC(O)CO)S(=O)(=O)c1cccc(C(=O)Nc2sc3c(c2C(=O)Nc2ccc(CCc4ccc(C(=O)O)cc4)cc2)CCCC3)c1. The van der Waals surface area contributed by atoms with Crippen molar-refractivity contribution in [1.82, 2.24) is 4.31 Å². The van der Waals surface area contributed by atoms with Crippen LogP contribution in [-0.4, -0.2) is 71.8 Å². The van der Waals surface area contributed by atoms with E-state index in [0.29, 0.717) is 39.8 Å². The van der Waals surface area contributed by atoms with Gasteiger partial charge in [0.2, 0.25) is 10.0 Å². The fourth-order valence-electron chi connectivity index (χ4n) is 5.69. The molecule has 4 aromatic rings. The number of rotatable bonds is 15. The number of anilines is 2. The Kier molecular flexibility index (Phi) is 12.2. The van der Waals surface area contributed by atoms with Crippen molar-refractivity contribution in [2.24, 2.45) is 5.11 Å². The molecule has 0 bridgehead atoms. The lowest BCUT2D eigenvalue weighted by Gasteiger charge is -2.22. The quantitative estimate of drug-likeness (QED) is 0.0617. The summed E-state index contributed by atoms with van der Waals surface area (Å²) in [5.41, 5.74) is 12.8. The van der Waals surface area contributed by atoms with Crippen LogP contribution in [0.3, 0.4) is 0 Å². The Labute approximate surface area is 298 Å². The van der Waals surface area contributed by atoms with Crippen LogP contribution in [0.4, 0.5) is 10.7 Å². The first-order valence-corrected chi connectivity index (χ1v) is 18.3. The molecule has 0 saturated heterocycles. The Morgan fingerprint density at radius 1 is 0.922 bits per heavy atom. The highest BCUT2D eigenvalue weighted by molar-refractivity contribution is 7.89. The minimum Gasteiger partial charge on any atom is -0.478 e. The maximum absolute atomic E-state index is 13.8. The molecular formula is C35H36N6O8S2. The second-order valence-electron chi connectivity index (χ2n) is 11.9. The van der Waals surface area contributed by atoms with Crippen molar-refractivity contribution < 1.29 is 38.1 Å². The van der Waals surface area contributed by atoms with Crippen LogP contribution in [0, 0.1) is 0 Å². The first-order chi connectivity index (χ1) is 24.5. The molecule has 1 unspecified atom stereocenters. The van der Waals surface area contributed by atoms with Crippen molar-refractivity contribution in [3.63, 3.8) is 0 Å². The van der Waals surface area contributed by atoms with Gasteiger partial charge in [-0.1, -0.05) is 35.4 Å². The highest BCUT2D eigenvalue weighted by atomic mass is 32.2. The summed E-state index contributed by atoms with van der Waals surface area (Å²) >= 11 is 1.32. The van der Waals surface area contributed by atoms with E-state index in [1.807, 2.05) is 12.1 Å². The molecule has 266 valence electrons. The van der Waals surface area contributed by atoms with Gasteiger partial charge in [-0.15, -0.1) is 11.3 Å². The molecule has 51 heavy (non-hydrogen) atoms. The zero-order chi connectivity index (χ0) is 36.5. The number of amides is 2. The van der Waals surface area contributed by atoms with E-state index in [9.17, 15) is 33.0 Å². The number of benzene rings is 3. The Morgan fingerprint density at radius 2 is 1.59 bits per heavy atom. The number of carboxylic acid groups (broad SMARTS) is 1. The summed E-state index contributed by atoms with van der Waals surface area (Å²) in [5.74, 6) is -2.00. The van der Waals surface area contributed by atoms with Gasteiger partial charge >= 0.3 is 5.97 Å². The Bertz CT molecular complexity index is 2060. The monoisotopic (exact) mass is 732 g/mol. The van der Waals surface area contributed by atoms with Gasteiger partial charge in [-0.05, 0) is 103 Å². The van der Waals surface area contributed by atoms with Crippen molar-refractivity contribution in [2.75, 3.05) is 30.5 Å². The number of nitrogens with zero attached hydrogens (tertiary/aromatic N) is 4. The largest absolute Gasteiger partial charge is 0.478 e. The summed E-state index contributed by atoms with van der Waals surface area (Å²) in [6, 6.07) is 19.4. The fraction of sp³-hybridized carbons (Fsp3) is 0.286. The van der Waals surface area contributed by atoms with Crippen LogP contribution in [-0.2, 0) is 35.7 Å². The average Bonchev–Trinajstić information content (AvgIpc) is 3.50. The number of azide groups is 1. The summed E-state index contributed by atoms with van der Waals surface area (Å²) in [6.45, 7) is -1.90. The number of fused-ring (bicyclic) bond motifs is 1. The van der Waals surface area contributed by atoms with Crippen LogP contribution in [0.1, 0.15) is 65.5 Å². The maximum Gasteiger partial charge on any atom is 0.335 e. The normalized spacial score (nSPS) is 13.2. The van der Waals surface area contributed by atoms with Gasteiger partial charge in [-0.3, -0.25) is 9.59 Å². The first-order valence-electron chi connectivity index (χ1n) is 16.1. The maximum atomic E-state index is 13.8. The lowest BCUT2D eigenvalue weighted by atomic mass is 9.95. The van der Waals surface area contributed by atoms with E-state index >= 15 is 0 Å². The molecule has 1 atom stereocenters. The Hall–Kier alpha value is -5.09. The van der Waals surface area contributed by atoms with Crippen molar-refractivity contribution in [3.05, 3.63) is 121 Å². The van der Waals surface area contributed by atoms with Crippen LogP contribution in [0.15, 0.2) is 82.8 Å². The highest BCUT2D eigenvalue weighted by Crippen LogP contribution is 2.39. The third kappa shape index (κ3) is 9.18. The number of aliphatic hydroxyl groups is 2. The van der Waals surface area contributed by atoms with Gasteiger partial charge in [0.1, 0.15) is 5.00 Å². The summed E-state index contributed by atoms with van der Waals surface area (Å²) < 4.78 is 27.5. The number of sulfonamides is 1. The third-order valence-electron chi connectivity index (χ3n) is 8.38. The highest BCUT2D eigenvalue weighted by Gasteiger charge is 2.29. The number of carbonyl (C=O) groups is 3. The molecule has 1 aromatic heterocycles. The van der Waals surface area contributed by atoms with E-state index in [-0.39, 0.29) is 21.9 Å². The van der Waals surface area contributed by atoms with Gasteiger partial charge < -0.3 is 26.0 Å². The molecule has 3 aromatic carbocycles. The minimum absolute atomic E-state index is 0.00587. The molecule has 16 heteroatoms. The number of hydrogen-bond donors (Lipinski definition) is 5. The standard InChI is InChI=1S/C35H36N6O8S2/c36-40-37-21-41(19-27(43)20-42)51(48,49)28-5-3-4-25(18-28)32(44)39-34-31(29-6-1-2-7-30(29)50-34)33(45)38-26-16-12-23(13-17-26)9-8-22-10-14-24(15-11-22)35(46)47/h3-5,10-18,27,42-43H,1-2,6-9,19-21H2,(H,38,45)(H,39,44)(H,46,47). The van der Waals surface area contributed by atoms with Crippen LogP contribution in [0.5, 0.6) is 0 Å². The lowest BCUT2D eigenvalue weighted by molar-refractivity contribution is 0.0696. The lowest BCUT2D eigenvalue weighted by Crippen LogP contribution is -2.39. The molecule has 0 radical (unpaired) electrons. The molecule has 1 aliphatic rings. The number of thiophene rings is 1. The smallest absolute Gasteiger partial charge is 0.335 e. The van der Waals surface area contributed by atoms with Gasteiger partial charge in [0.05, 0.1) is 35.4 Å². The molecule has 5 N–H and O–H groups in total. The van der Waals surface area contributed by atoms with E-state index in [0.717, 1.165) is 46.9 Å². The Balaban J connectivity index is 1.31. The average molecular weight is 733 g/mol. The molecule has 14 nitrogen and oxygen atoms in total. The summed E-state index contributed by atoms with van der Waals surface area (Å²) in [7, 11) is -4.36. The van der Waals surface area contributed by atoms with E-state index in [4.69, 9.17) is 10.6 Å². The van der Waals surface area contributed by atoms with Gasteiger partial charge in [-0.2, -0.15) is 4.31 Å². The number of aliphatic hydroxyl groups excluding tert-OH is 2. The number of aryl methyl sites for hydroxylation is 3. The number of carbonyl (C=O) groups excluding carboxylic acids is 2. The van der Waals surface area contributed by atoms with Crippen molar-refractivity contribution in [3.8, 4) is 0 Å². The number of hydrogen-bond acceptors (Lipinski definition) is 9. The van der Waals surface area contributed by atoms with Crippen LogP contribution < -0.4 is 10.6 Å². The topological polar surface area (TPSA) is 222 Å².